The van der Waals surface area contributed by atoms with Gasteiger partial charge in [-0.15, -0.1) is 0 Å². The molecule has 1 amide bonds. The number of aliphatic hydroxyl groups is 1. The van der Waals surface area contributed by atoms with Gasteiger partial charge in [0.25, 0.3) is 11.7 Å². The van der Waals surface area contributed by atoms with Crippen LogP contribution in [-0.4, -0.2) is 31.7 Å². The fourth-order valence-electron chi connectivity index (χ4n) is 4.41. The summed E-state index contributed by atoms with van der Waals surface area (Å²) in [6, 6.07) is 21.2. The highest BCUT2D eigenvalue weighted by Gasteiger charge is 2.46. The van der Waals surface area contributed by atoms with Crippen molar-refractivity contribution < 1.29 is 19.4 Å². The highest BCUT2D eigenvalue weighted by atomic mass is 16.5. The van der Waals surface area contributed by atoms with E-state index in [4.69, 9.17) is 4.74 Å². The van der Waals surface area contributed by atoms with E-state index in [0.29, 0.717) is 23.5 Å². The molecule has 2 aromatic heterocycles. The molecule has 37 heavy (non-hydrogen) atoms. The lowest BCUT2D eigenvalue weighted by Crippen LogP contribution is -2.29. The van der Waals surface area contributed by atoms with E-state index in [-0.39, 0.29) is 17.9 Å². The van der Waals surface area contributed by atoms with E-state index in [9.17, 15) is 14.7 Å². The Morgan fingerprint density at radius 1 is 0.919 bits per heavy atom. The van der Waals surface area contributed by atoms with E-state index >= 15 is 0 Å². The van der Waals surface area contributed by atoms with Gasteiger partial charge >= 0.3 is 0 Å². The van der Waals surface area contributed by atoms with Crippen LogP contribution in [0.15, 0.2) is 103 Å². The smallest absolute Gasteiger partial charge is 0.295 e. The van der Waals surface area contributed by atoms with Crippen LogP contribution in [0.2, 0.25) is 0 Å². The molecular weight excluding hydrogens is 466 g/mol. The number of carbonyl (C=O) groups is 2. The van der Waals surface area contributed by atoms with Crippen molar-refractivity contribution in [3.05, 3.63) is 131 Å². The summed E-state index contributed by atoms with van der Waals surface area (Å²) in [5.41, 5.74) is 4.06. The Hall–Kier alpha value is -4.78. The molecule has 1 fully saturated rings. The van der Waals surface area contributed by atoms with Crippen LogP contribution in [0.1, 0.15) is 33.9 Å². The van der Waals surface area contributed by atoms with Crippen LogP contribution in [0.3, 0.4) is 0 Å². The summed E-state index contributed by atoms with van der Waals surface area (Å²) < 4.78 is 5.90. The number of benzene rings is 2. The number of pyridine rings is 2. The van der Waals surface area contributed by atoms with Gasteiger partial charge in [0.15, 0.2) is 0 Å². The van der Waals surface area contributed by atoms with Crippen LogP contribution < -0.4 is 4.74 Å². The number of aryl methyl sites for hydroxylation is 1. The van der Waals surface area contributed by atoms with Gasteiger partial charge < -0.3 is 14.7 Å². The molecule has 7 heteroatoms. The number of ether oxygens (including phenoxy) is 1. The van der Waals surface area contributed by atoms with E-state index in [1.54, 1.807) is 67.3 Å². The average molecular weight is 492 g/mol. The minimum atomic E-state index is -0.786. The predicted octanol–water partition coefficient (Wildman–Crippen LogP) is 4.99. The first kappa shape index (κ1) is 23.9. The molecule has 1 aliphatic heterocycles. The van der Waals surface area contributed by atoms with Crippen molar-refractivity contribution in [1.82, 2.24) is 14.9 Å². The highest BCUT2D eigenvalue weighted by Crippen LogP contribution is 2.40. The van der Waals surface area contributed by atoms with Crippen molar-refractivity contribution in [3.63, 3.8) is 0 Å². The Kier molecular flexibility index (Phi) is 6.76. The third-order valence-corrected chi connectivity index (χ3v) is 6.40. The third-order valence-electron chi connectivity index (χ3n) is 6.40. The number of aliphatic hydroxyl groups excluding tert-OH is 1. The van der Waals surface area contributed by atoms with Gasteiger partial charge in [-0.3, -0.25) is 19.6 Å². The zero-order chi connectivity index (χ0) is 25.8. The Bertz CT molecular complexity index is 1450. The molecule has 3 heterocycles. The Balaban J connectivity index is 1.46. The van der Waals surface area contributed by atoms with Crippen molar-refractivity contribution in [2.75, 3.05) is 0 Å². The molecule has 5 rings (SSSR count). The maximum absolute atomic E-state index is 13.2. The number of hydrogen-bond donors (Lipinski definition) is 1. The number of ketones is 1. The zero-order valence-corrected chi connectivity index (χ0v) is 20.2. The van der Waals surface area contributed by atoms with Crippen molar-refractivity contribution >= 4 is 17.4 Å². The molecule has 1 atom stereocenters. The van der Waals surface area contributed by atoms with Crippen LogP contribution in [0.25, 0.3) is 5.76 Å². The number of hydrogen-bond acceptors (Lipinski definition) is 6. The second kappa shape index (κ2) is 10.5. The molecule has 0 saturated carbocycles. The quantitative estimate of drug-likeness (QED) is 0.223. The van der Waals surface area contributed by atoms with Crippen LogP contribution in [0, 0.1) is 6.92 Å². The van der Waals surface area contributed by atoms with Crippen LogP contribution in [0.5, 0.6) is 5.75 Å². The number of aromatic nitrogens is 2. The minimum Gasteiger partial charge on any atom is -0.507 e. The van der Waals surface area contributed by atoms with Gasteiger partial charge in [0, 0.05) is 36.9 Å². The number of likely N-dealkylation sites (tertiary alicyclic amines) is 1. The van der Waals surface area contributed by atoms with Gasteiger partial charge in [-0.1, -0.05) is 36.4 Å². The summed E-state index contributed by atoms with van der Waals surface area (Å²) in [6.07, 6.45) is 6.51. The topological polar surface area (TPSA) is 92.6 Å². The van der Waals surface area contributed by atoms with Crippen molar-refractivity contribution in [3.8, 4) is 5.75 Å². The fourth-order valence-corrected chi connectivity index (χ4v) is 4.41. The van der Waals surface area contributed by atoms with E-state index < -0.39 is 17.7 Å². The van der Waals surface area contributed by atoms with E-state index in [1.807, 2.05) is 37.3 Å². The lowest BCUT2D eigenvalue weighted by molar-refractivity contribution is -0.140. The highest BCUT2D eigenvalue weighted by molar-refractivity contribution is 6.46. The maximum Gasteiger partial charge on any atom is 0.295 e. The van der Waals surface area contributed by atoms with Gasteiger partial charge in [0.2, 0.25) is 0 Å². The van der Waals surface area contributed by atoms with Crippen molar-refractivity contribution in [1.29, 1.82) is 0 Å². The normalized spacial score (nSPS) is 16.7. The van der Waals surface area contributed by atoms with Crippen LogP contribution in [-0.2, 0) is 22.7 Å². The summed E-state index contributed by atoms with van der Waals surface area (Å²) in [6.45, 7) is 2.61. The first-order valence-electron chi connectivity index (χ1n) is 11.9. The van der Waals surface area contributed by atoms with Gasteiger partial charge in [0.1, 0.15) is 18.1 Å². The fraction of sp³-hybridized carbons (Fsp3) is 0.133. The molecule has 0 spiro atoms. The molecule has 0 aliphatic carbocycles. The standard InChI is InChI=1S/C30H25N3O4/c1-20-6-2-3-8-24(20)19-37-25-12-10-22(11-13-25)28(34)26-27(23-9-5-15-32-17-23)33(30(36)29(26)35)18-21-7-4-14-31-16-21/h2-17,27,34H,18-19H2,1H3/t27-/m0/s1. The van der Waals surface area contributed by atoms with Gasteiger partial charge in [-0.2, -0.15) is 0 Å². The molecule has 1 saturated heterocycles. The molecule has 2 aromatic carbocycles. The lowest BCUT2D eigenvalue weighted by Gasteiger charge is -2.25. The number of amides is 1. The number of carbonyl (C=O) groups excluding carboxylic acids is 2. The Morgan fingerprint density at radius 2 is 1.65 bits per heavy atom. The number of rotatable bonds is 7. The number of nitrogens with zero attached hydrogens (tertiary/aromatic N) is 3. The third kappa shape index (κ3) is 4.97. The Labute approximate surface area is 214 Å². The predicted molar refractivity (Wildman–Crippen MR) is 138 cm³/mol. The first-order valence-corrected chi connectivity index (χ1v) is 11.9. The molecule has 0 bridgehead atoms. The second-order valence-corrected chi connectivity index (χ2v) is 8.81. The average Bonchev–Trinajstić information content (AvgIpc) is 3.18. The summed E-state index contributed by atoms with van der Waals surface area (Å²) in [5.74, 6) is -1.04. The van der Waals surface area contributed by atoms with Crippen LogP contribution in [0.4, 0.5) is 0 Å². The van der Waals surface area contributed by atoms with E-state index in [2.05, 4.69) is 9.97 Å². The molecule has 7 nitrogen and oxygen atoms in total. The zero-order valence-electron chi connectivity index (χ0n) is 20.2. The lowest BCUT2D eigenvalue weighted by atomic mass is 9.96. The van der Waals surface area contributed by atoms with E-state index in [1.165, 1.54) is 4.90 Å². The largest absolute Gasteiger partial charge is 0.507 e. The molecule has 0 unspecified atom stereocenters. The van der Waals surface area contributed by atoms with Crippen molar-refractivity contribution in [2.45, 2.75) is 26.1 Å². The van der Waals surface area contributed by atoms with Gasteiger partial charge in [-0.05, 0) is 65.6 Å². The molecule has 1 aliphatic rings. The number of Topliss-reactive ketones (excluding diaryl/α,β-unsaturated/α-hetero) is 1. The Morgan fingerprint density at radius 3 is 2.32 bits per heavy atom. The summed E-state index contributed by atoms with van der Waals surface area (Å²) in [7, 11) is 0. The monoisotopic (exact) mass is 491 g/mol. The molecule has 0 radical (unpaired) electrons. The minimum absolute atomic E-state index is 0.0236. The maximum atomic E-state index is 13.2. The SMILES string of the molecule is Cc1ccccc1COc1ccc(C(O)=C2C(=O)C(=O)N(Cc3cccnc3)[C@H]2c2cccnc2)cc1. The summed E-state index contributed by atoms with van der Waals surface area (Å²) in [4.78, 5) is 36.0. The van der Waals surface area contributed by atoms with Crippen molar-refractivity contribution in [2.24, 2.45) is 0 Å². The molecule has 1 N–H and O–H groups in total. The summed E-state index contributed by atoms with van der Waals surface area (Å²) in [5, 5.41) is 11.3. The molecule has 184 valence electrons. The first-order chi connectivity index (χ1) is 18.0. The molecular formula is C30H25N3O4. The second-order valence-electron chi connectivity index (χ2n) is 8.81. The summed E-state index contributed by atoms with van der Waals surface area (Å²) >= 11 is 0. The van der Waals surface area contributed by atoms with Gasteiger partial charge in [-0.25, -0.2) is 0 Å². The molecule has 4 aromatic rings. The van der Waals surface area contributed by atoms with Crippen LogP contribution >= 0.6 is 0 Å². The van der Waals surface area contributed by atoms with Gasteiger partial charge in [0.05, 0.1) is 11.6 Å². The van der Waals surface area contributed by atoms with E-state index in [0.717, 1.165) is 16.7 Å².